The molecule has 2 aromatic rings. The summed E-state index contributed by atoms with van der Waals surface area (Å²) in [6.07, 6.45) is -9.60. The Morgan fingerprint density at radius 3 is 1.83 bits per heavy atom. The number of benzene rings is 2. The van der Waals surface area contributed by atoms with Crippen LogP contribution < -0.4 is 0 Å². The highest BCUT2D eigenvalue weighted by molar-refractivity contribution is 5.52. The van der Waals surface area contributed by atoms with Crippen LogP contribution in [0.25, 0.3) is 0 Å². The average Bonchev–Trinajstić information content (AvgIpc) is 2.58. The van der Waals surface area contributed by atoms with Gasteiger partial charge < -0.3 is 10.2 Å². The van der Waals surface area contributed by atoms with E-state index in [9.17, 15) is 36.6 Å². The van der Waals surface area contributed by atoms with Crippen molar-refractivity contribution in [1.82, 2.24) is 0 Å². The number of allylic oxidation sites excluding steroid dienone is 2. The first-order chi connectivity index (χ1) is 13.4. The summed E-state index contributed by atoms with van der Waals surface area (Å²) in [4.78, 5) is 0. The van der Waals surface area contributed by atoms with Crippen LogP contribution in [0.2, 0.25) is 0 Å². The van der Waals surface area contributed by atoms with Crippen LogP contribution in [0.4, 0.5) is 26.3 Å². The maximum Gasteiger partial charge on any atom is 0.411 e. The van der Waals surface area contributed by atoms with E-state index < -0.39 is 40.4 Å². The summed E-state index contributed by atoms with van der Waals surface area (Å²) in [6.45, 7) is 6.77. The fourth-order valence-corrected chi connectivity index (χ4v) is 3.36. The van der Waals surface area contributed by atoms with Gasteiger partial charge in [-0.3, -0.25) is 0 Å². The van der Waals surface area contributed by atoms with Crippen LogP contribution in [0.5, 0.6) is 11.5 Å². The lowest BCUT2D eigenvalue weighted by atomic mass is 9.70. The highest BCUT2D eigenvalue weighted by atomic mass is 19.4. The summed E-state index contributed by atoms with van der Waals surface area (Å²) in [5.74, 6) is -0.911. The van der Waals surface area contributed by atoms with Crippen LogP contribution in [0.3, 0.4) is 0 Å². The van der Waals surface area contributed by atoms with Crippen LogP contribution in [0, 0.1) is 0 Å². The van der Waals surface area contributed by atoms with Gasteiger partial charge in [-0.25, -0.2) is 0 Å². The summed E-state index contributed by atoms with van der Waals surface area (Å²) >= 11 is 0. The lowest BCUT2D eigenvalue weighted by Gasteiger charge is -2.39. The van der Waals surface area contributed by atoms with Gasteiger partial charge in [0, 0.05) is 0 Å². The Hall–Kier alpha value is -2.90. The molecule has 0 saturated heterocycles. The van der Waals surface area contributed by atoms with E-state index in [0.29, 0.717) is 18.2 Å². The molecule has 0 spiro atoms. The third-order valence-electron chi connectivity index (χ3n) is 4.58. The first-order valence-corrected chi connectivity index (χ1v) is 8.40. The quantitative estimate of drug-likeness (QED) is 0.450. The zero-order chi connectivity index (χ0) is 22.0. The molecule has 2 aromatic carbocycles. The number of halogens is 6. The molecule has 0 radical (unpaired) electrons. The van der Waals surface area contributed by atoms with Crippen LogP contribution in [0.1, 0.15) is 22.3 Å². The van der Waals surface area contributed by atoms with Crippen molar-refractivity contribution in [2.24, 2.45) is 0 Å². The molecule has 0 saturated carbocycles. The molecule has 0 aliphatic rings. The van der Waals surface area contributed by atoms with E-state index in [4.69, 9.17) is 0 Å². The summed E-state index contributed by atoms with van der Waals surface area (Å²) in [7, 11) is 0. The molecule has 2 N–H and O–H groups in total. The zero-order valence-electron chi connectivity index (χ0n) is 15.1. The van der Waals surface area contributed by atoms with Crippen molar-refractivity contribution in [2.75, 3.05) is 0 Å². The number of hydrogen-bond donors (Lipinski definition) is 2. The minimum absolute atomic E-state index is 0.124. The van der Waals surface area contributed by atoms with Gasteiger partial charge in [-0.05, 0) is 53.3 Å². The molecule has 0 aliphatic carbocycles. The Kier molecular flexibility index (Phi) is 6.06. The third kappa shape index (κ3) is 3.83. The minimum atomic E-state index is -5.78. The van der Waals surface area contributed by atoms with Crippen LogP contribution in [-0.2, 0) is 18.3 Å². The lowest BCUT2D eigenvalue weighted by molar-refractivity contribution is -0.288. The van der Waals surface area contributed by atoms with Crippen molar-refractivity contribution in [2.45, 2.75) is 30.6 Å². The van der Waals surface area contributed by atoms with Crippen LogP contribution in [-0.4, -0.2) is 22.6 Å². The first kappa shape index (κ1) is 22.4. The second-order valence-corrected chi connectivity index (χ2v) is 6.42. The standard InChI is InChI=1S/C21H18F6O2/c1-3-5-13-12-16(28)8-9-17(13)19(20(22,23)24,21(25,26)27)15-7-10-18(29)14(11-15)6-4-2/h3-4,7-12,28-29H,1-2,5-6H2. The van der Waals surface area contributed by atoms with Gasteiger partial charge in [0.2, 0.25) is 5.41 Å². The molecule has 2 rings (SSSR count). The Balaban J connectivity index is 3.02. The monoisotopic (exact) mass is 416 g/mol. The van der Waals surface area contributed by atoms with Gasteiger partial charge in [0.15, 0.2) is 0 Å². The molecule has 0 aliphatic heterocycles. The molecule has 29 heavy (non-hydrogen) atoms. The summed E-state index contributed by atoms with van der Waals surface area (Å²) in [5.41, 5.74) is -7.03. The Bertz CT molecular complexity index is 898. The minimum Gasteiger partial charge on any atom is -0.508 e. The van der Waals surface area contributed by atoms with Crippen molar-refractivity contribution in [1.29, 1.82) is 0 Å². The fourth-order valence-electron chi connectivity index (χ4n) is 3.36. The fraction of sp³-hybridized carbons (Fsp3) is 0.238. The summed E-state index contributed by atoms with van der Waals surface area (Å²) in [5, 5.41) is 19.4. The zero-order valence-corrected chi connectivity index (χ0v) is 15.1. The van der Waals surface area contributed by atoms with Gasteiger partial charge in [0.1, 0.15) is 11.5 Å². The molecule has 0 aromatic heterocycles. The largest absolute Gasteiger partial charge is 0.508 e. The van der Waals surface area contributed by atoms with E-state index >= 15 is 0 Å². The molecular formula is C21H18F6O2. The molecule has 0 amide bonds. The highest BCUT2D eigenvalue weighted by Gasteiger charge is 2.73. The van der Waals surface area contributed by atoms with Crippen LogP contribution >= 0.6 is 0 Å². The van der Waals surface area contributed by atoms with Gasteiger partial charge in [0.25, 0.3) is 0 Å². The van der Waals surface area contributed by atoms with Crippen molar-refractivity contribution in [3.8, 4) is 11.5 Å². The molecule has 0 unspecified atom stereocenters. The third-order valence-corrected chi connectivity index (χ3v) is 4.58. The van der Waals surface area contributed by atoms with Crippen molar-refractivity contribution < 1.29 is 36.6 Å². The van der Waals surface area contributed by atoms with E-state index in [1.807, 2.05) is 0 Å². The maximum absolute atomic E-state index is 14.3. The van der Waals surface area contributed by atoms with Gasteiger partial charge in [-0.1, -0.05) is 30.4 Å². The summed E-state index contributed by atoms with van der Waals surface area (Å²) < 4.78 is 85.7. The normalized spacial score (nSPS) is 12.6. The topological polar surface area (TPSA) is 40.5 Å². The average molecular weight is 416 g/mol. The summed E-state index contributed by atoms with van der Waals surface area (Å²) in [6, 6.07) is 4.34. The number of alkyl halides is 6. The van der Waals surface area contributed by atoms with E-state index in [2.05, 4.69) is 13.2 Å². The number of aromatic hydroxyl groups is 2. The van der Waals surface area contributed by atoms with E-state index in [1.54, 1.807) is 0 Å². The van der Waals surface area contributed by atoms with Crippen molar-refractivity contribution >= 4 is 0 Å². The predicted octanol–water partition coefficient (Wildman–Crippen LogP) is 5.97. The molecule has 156 valence electrons. The van der Waals surface area contributed by atoms with Gasteiger partial charge in [-0.2, -0.15) is 26.3 Å². The van der Waals surface area contributed by atoms with Crippen LogP contribution in [0.15, 0.2) is 61.7 Å². The first-order valence-electron chi connectivity index (χ1n) is 8.40. The Labute approximate surface area is 163 Å². The lowest BCUT2D eigenvalue weighted by Crippen LogP contribution is -2.55. The van der Waals surface area contributed by atoms with Crippen molar-refractivity contribution in [3.05, 3.63) is 84.0 Å². The molecular weight excluding hydrogens is 398 g/mol. The second kappa shape index (κ2) is 7.85. The van der Waals surface area contributed by atoms with Gasteiger partial charge in [-0.15, -0.1) is 13.2 Å². The van der Waals surface area contributed by atoms with Crippen molar-refractivity contribution in [3.63, 3.8) is 0 Å². The second-order valence-electron chi connectivity index (χ2n) is 6.42. The van der Waals surface area contributed by atoms with Gasteiger partial charge in [0.05, 0.1) is 0 Å². The maximum atomic E-state index is 14.3. The molecule has 8 heteroatoms. The van der Waals surface area contributed by atoms with E-state index in [1.165, 1.54) is 6.08 Å². The number of rotatable bonds is 6. The smallest absolute Gasteiger partial charge is 0.411 e. The highest BCUT2D eigenvalue weighted by Crippen LogP contribution is 2.57. The molecule has 0 atom stereocenters. The van der Waals surface area contributed by atoms with E-state index in [-0.39, 0.29) is 24.0 Å². The SMILES string of the molecule is C=CCc1cc(C(c2ccc(O)cc2CC=C)(C(F)(F)F)C(F)(F)F)ccc1O. The Morgan fingerprint density at radius 1 is 0.759 bits per heavy atom. The number of phenols is 2. The predicted molar refractivity (Wildman–Crippen MR) is 96.9 cm³/mol. The molecule has 0 fully saturated rings. The number of hydrogen-bond acceptors (Lipinski definition) is 2. The molecule has 2 nitrogen and oxygen atoms in total. The number of phenolic OH excluding ortho intramolecular Hbond substituents is 2. The molecule has 0 bridgehead atoms. The van der Waals surface area contributed by atoms with Gasteiger partial charge >= 0.3 is 12.4 Å². The Morgan fingerprint density at radius 2 is 1.31 bits per heavy atom. The van der Waals surface area contributed by atoms with E-state index in [0.717, 1.165) is 24.3 Å². The molecule has 0 heterocycles.